The Hall–Kier alpha value is -3.79. The Morgan fingerprint density at radius 3 is 2.48 bits per heavy atom. The normalized spacial score (nSPS) is 10.8. The van der Waals surface area contributed by atoms with Gasteiger partial charge in [0, 0.05) is 10.6 Å². The van der Waals surface area contributed by atoms with Gasteiger partial charge in [0.2, 0.25) is 5.82 Å². The van der Waals surface area contributed by atoms with Crippen LogP contribution in [-0.2, 0) is 16.2 Å². The quantitative estimate of drug-likeness (QED) is 0.386. The fourth-order valence-corrected chi connectivity index (χ4v) is 2.51. The number of aliphatic carboxylic acids is 1. The van der Waals surface area contributed by atoms with Gasteiger partial charge in [-0.1, -0.05) is 28.9 Å². The number of nitrogens with zero attached hydrogens (tertiary/aromatic N) is 3. The summed E-state index contributed by atoms with van der Waals surface area (Å²) in [5.41, 5.74) is 0.451. The first kappa shape index (κ1) is 21.9. The molecule has 3 aromatic rings. The number of benzene rings is 2. The number of hydrogen-bond donors (Lipinski definition) is 1. The smallest absolute Gasteiger partial charge is 0.350 e. The molecule has 0 atom stereocenters. The Morgan fingerprint density at radius 2 is 1.77 bits per heavy atom. The topological polar surface area (TPSA) is 103 Å². The van der Waals surface area contributed by atoms with Crippen molar-refractivity contribution in [1.29, 1.82) is 0 Å². The number of rotatable bonds is 8. The second kappa shape index (κ2) is 9.81. The van der Waals surface area contributed by atoms with Crippen molar-refractivity contribution in [1.82, 2.24) is 9.97 Å². The summed E-state index contributed by atoms with van der Waals surface area (Å²) in [4.78, 5) is 22.7. The van der Waals surface area contributed by atoms with Crippen LogP contribution in [0.1, 0.15) is 11.1 Å². The van der Waals surface area contributed by atoms with Gasteiger partial charge in [-0.05, 0) is 31.2 Å². The van der Waals surface area contributed by atoms with Crippen molar-refractivity contribution >= 4 is 23.8 Å². The maximum atomic E-state index is 14.9. The van der Waals surface area contributed by atoms with Crippen LogP contribution in [0.15, 0.2) is 47.9 Å². The predicted octanol–water partition coefficient (Wildman–Crippen LogP) is 4.89. The van der Waals surface area contributed by atoms with Gasteiger partial charge in [-0.2, -0.15) is 14.4 Å². The Balaban J connectivity index is 1.85. The van der Waals surface area contributed by atoms with Crippen molar-refractivity contribution in [3.8, 4) is 23.3 Å². The van der Waals surface area contributed by atoms with Crippen molar-refractivity contribution in [2.45, 2.75) is 13.5 Å². The first-order valence-corrected chi connectivity index (χ1v) is 9.01. The van der Waals surface area contributed by atoms with Gasteiger partial charge < -0.3 is 19.4 Å². The molecule has 0 spiro atoms. The molecule has 0 aliphatic carbocycles. The zero-order chi connectivity index (χ0) is 22.4. The summed E-state index contributed by atoms with van der Waals surface area (Å²) >= 11 is 6.04. The molecule has 0 fully saturated rings. The summed E-state index contributed by atoms with van der Waals surface area (Å²) in [6.45, 7) is 1.23. The van der Waals surface area contributed by atoms with E-state index in [0.717, 1.165) is 12.4 Å². The van der Waals surface area contributed by atoms with Crippen molar-refractivity contribution in [3.05, 3.63) is 70.5 Å². The van der Waals surface area contributed by atoms with Crippen LogP contribution in [0.4, 0.5) is 8.78 Å². The van der Waals surface area contributed by atoms with Crippen LogP contribution in [0.5, 0.6) is 23.3 Å². The lowest BCUT2D eigenvalue weighted by Gasteiger charge is -2.13. The van der Waals surface area contributed by atoms with E-state index in [0.29, 0.717) is 16.8 Å². The predicted molar refractivity (Wildman–Crippen MR) is 106 cm³/mol. The van der Waals surface area contributed by atoms with E-state index >= 15 is 0 Å². The molecule has 160 valence electrons. The molecule has 0 bridgehead atoms. The highest BCUT2D eigenvalue weighted by atomic mass is 35.5. The lowest BCUT2D eigenvalue weighted by Crippen LogP contribution is -2.02. The number of carbonyl (C=O) groups is 1. The van der Waals surface area contributed by atoms with Crippen molar-refractivity contribution in [2.24, 2.45) is 5.16 Å². The van der Waals surface area contributed by atoms with Crippen LogP contribution >= 0.6 is 11.6 Å². The van der Waals surface area contributed by atoms with Crippen molar-refractivity contribution in [2.75, 3.05) is 0 Å². The first-order chi connectivity index (χ1) is 14.9. The molecule has 2 aromatic carbocycles. The molecular formula is C20H14ClF2N3O5. The van der Waals surface area contributed by atoms with Gasteiger partial charge in [0.15, 0.2) is 6.21 Å². The van der Waals surface area contributed by atoms with Crippen LogP contribution in [0.25, 0.3) is 0 Å². The Bertz CT molecular complexity index is 1140. The highest BCUT2D eigenvalue weighted by Gasteiger charge is 2.19. The van der Waals surface area contributed by atoms with Gasteiger partial charge in [0.05, 0.1) is 5.56 Å². The van der Waals surface area contributed by atoms with E-state index in [1.807, 2.05) is 0 Å². The lowest BCUT2D eigenvalue weighted by atomic mass is 10.2. The van der Waals surface area contributed by atoms with E-state index in [9.17, 15) is 13.6 Å². The van der Waals surface area contributed by atoms with Gasteiger partial charge in [-0.15, -0.1) is 0 Å². The molecule has 0 aliphatic heterocycles. The third kappa shape index (κ3) is 5.43. The standard InChI is InChI=1S/C20H14ClF2N3O5/c1-11-13(21)4-2-6-15(11)30-19-18(23)20(25-10-24-19)31-16-7-3-5-14(22)12(16)9-29-26-8-17(27)28/h2-8,10H,9H2,1H3,(H,27,28)/b26-8+. The molecule has 1 heterocycles. The minimum absolute atomic E-state index is 0.118. The SMILES string of the molecule is Cc1c(Cl)cccc1Oc1ncnc(Oc2cccc(F)c2CO/N=C/C(=O)O)c1F. The van der Waals surface area contributed by atoms with Crippen LogP contribution < -0.4 is 9.47 Å². The number of ether oxygens (including phenoxy) is 2. The molecule has 0 saturated carbocycles. The third-order valence-electron chi connectivity index (χ3n) is 3.88. The van der Waals surface area contributed by atoms with E-state index < -0.39 is 36.0 Å². The van der Waals surface area contributed by atoms with Crippen molar-refractivity contribution in [3.63, 3.8) is 0 Å². The van der Waals surface area contributed by atoms with E-state index in [1.54, 1.807) is 25.1 Å². The van der Waals surface area contributed by atoms with E-state index in [1.165, 1.54) is 12.1 Å². The van der Waals surface area contributed by atoms with Crippen LogP contribution in [0, 0.1) is 18.6 Å². The molecule has 0 aliphatic rings. The van der Waals surface area contributed by atoms with Gasteiger partial charge in [-0.3, -0.25) is 0 Å². The molecule has 0 amide bonds. The van der Waals surface area contributed by atoms with Crippen LogP contribution in [0.3, 0.4) is 0 Å². The van der Waals surface area contributed by atoms with Crippen LogP contribution in [-0.4, -0.2) is 27.3 Å². The number of carboxylic acids is 1. The van der Waals surface area contributed by atoms with Crippen molar-refractivity contribution < 1.29 is 33.0 Å². The number of oxime groups is 1. The van der Waals surface area contributed by atoms with Gasteiger partial charge in [-0.25, -0.2) is 9.18 Å². The average molecular weight is 450 g/mol. The minimum atomic E-state index is -1.34. The number of carboxylic acid groups (broad SMARTS) is 1. The second-order valence-corrected chi connectivity index (χ2v) is 6.33. The highest BCUT2D eigenvalue weighted by molar-refractivity contribution is 6.31. The molecule has 31 heavy (non-hydrogen) atoms. The first-order valence-electron chi connectivity index (χ1n) is 8.63. The average Bonchev–Trinajstić information content (AvgIpc) is 2.73. The van der Waals surface area contributed by atoms with Gasteiger partial charge in [0.1, 0.15) is 30.3 Å². The molecule has 1 aromatic heterocycles. The number of halogens is 3. The third-order valence-corrected chi connectivity index (χ3v) is 4.29. The largest absolute Gasteiger partial charge is 0.477 e. The maximum absolute atomic E-state index is 14.9. The van der Waals surface area contributed by atoms with Crippen LogP contribution in [0.2, 0.25) is 5.02 Å². The summed E-state index contributed by atoms with van der Waals surface area (Å²) in [6.07, 6.45) is 1.51. The highest BCUT2D eigenvalue weighted by Crippen LogP contribution is 2.34. The maximum Gasteiger partial charge on any atom is 0.350 e. The molecule has 11 heteroatoms. The lowest BCUT2D eigenvalue weighted by molar-refractivity contribution is -0.129. The number of hydrogen-bond acceptors (Lipinski definition) is 7. The Labute approximate surface area is 179 Å². The van der Waals surface area contributed by atoms with Gasteiger partial charge in [0.25, 0.3) is 11.8 Å². The second-order valence-electron chi connectivity index (χ2n) is 5.93. The van der Waals surface area contributed by atoms with Gasteiger partial charge >= 0.3 is 5.97 Å². The monoisotopic (exact) mass is 449 g/mol. The molecule has 1 N–H and O–H groups in total. The fraction of sp³-hybridized carbons (Fsp3) is 0.100. The number of aromatic nitrogens is 2. The van der Waals surface area contributed by atoms with E-state index in [4.69, 9.17) is 31.0 Å². The molecule has 0 radical (unpaired) electrons. The summed E-state index contributed by atoms with van der Waals surface area (Å²) in [5.74, 6) is -3.87. The molecule has 3 rings (SSSR count). The zero-order valence-electron chi connectivity index (χ0n) is 15.9. The fourth-order valence-electron chi connectivity index (χ4n) is 2.35. The van der Waals surface area contributed by atoms with E-state index in [2.05, 4.69) is 15.1 Å². The zero-order valence-corrected chi connectivity index (χ0v) is 16.6. The molecule has 0 unspecified atom stereocenters. The minimum Gasteiger partial charge on any atom is -0.477 e. The molecule has 8 nitrogen and oxygen atoms in total. The Morgan fingerprint density at radius 1 is 1.13 bits per heavy atom. The summed E-state index contributed by atoms with van der Waals surface area (Å²) in [6, 6.07) is 8.68. The molecule has 0 saturated heterocycles. The summed E-state index contributed by atoms with van der Waals surface area (Å²) < 4.78 is 40.0. The summed E-state index contributed by atoms with van der Waals surface area (Å²) in [7, 11) is 0. The Kier molecular flexibility index (Phi) is 6.93. The van der Waals surface area contributed by atoms with E-state index in [-0.39, 0.29) is 17.1 Å². The summed E-state index contributed by atoms with van der Waals surface area (Å²) in [5, 5.41) is 12.1. The molecular weight excluding hydrogens is 436 g/mol.